The van der Waals surface area contributed by atoms with Crippen molar-refractivity contribution in [3.05, 3.63) is 74.6 Å². The Labute approximate surface area is 146 Å². The van der Waals surface area contributed by atoms with Crippen molar-refractivity contribution in [2.75, 3.05) is 0 Å². The van der Waals surface area contributed by atoms with Crippen LogP contribution in [0.15, 0.2) is 53.1 Å². The molecule has 3 rings (SSSR count). The van der Waals surface area contributed by atoms with Gasteiger partial charge >= 0.3 is 0 Å². The number of fused-ring (bicyclic) bond motifs is 1. The molecule has 2 heterocycles. The van der Waals surface area contributed by atoms with Gasteiger partial charge in [0.25, 0.3) is 11.2 Å². The normalized spacial score (nSPS) is 11.8. The van der Waals surface area contributed by atoms with Crippen LogP contribution >= 0.6 is 0 Å². The fourth-order valence-corrected chi connectivity index (χ4v) is 2.60. The summed E-state index contributed by atoms with van der Waals surface area (Å²) in [5.74, 6) is -0.168. The summed E-state index contributed by atoms with van der Waals surface area (Å²) in [7, 11) is 1.70. The smallest absolute Gasteiger partial charge is 0.285 e. The number of aryl methyl sites for hydroxylation is 1. The first-order chi connectivity index (χ1) is 12.4. The first-order valence-corrected chi connectivity index (χ1v) is 7.51. The molecule has 1 aromatic carbocycles. The summed E-state index contributed by atoms with van der Waals surface area (Å²) in [6.45, 7) is -0.382. The molecule has 0 aliphatic heterocycles. The standard InChI is InChI=1S/C17H13N5O4/c1-20-14-5-3-2-4-13(14)19-17(20)12(8-18)15(23)10-21-9-11(22(25)26)6-7-16(21)24/h2-7,9,23H,10H2,1H3. The molecule has 26 heavy (non-hydrogen) atoms. The van der Waals surface area contributed by atoms with Gasteiger partial charge in [-0.3, -0.25) is 14.9 Å². The zero-order chi connectivity index (χ0) is 18.8. The molecule has 0 fully saturated rings. The molecule has 0 unspecified atom stereocenters. The summed E-state index contributed by atoms with van der Waals surface area (Å²) in [6.07, 6.45) is 1.02. The van der Waals surface area contributed by atoms with Crippen molar-refractivity contribution in [2.24, 2.45) is 7.05 Å². The zero-order valence-corrected chi connectivity index (χ0v) is 13.7. The minimum Gasteiger partial charge on any atom is -0.509 e. The van der Waals surface area contributed by atoms with Gasteiger partial charge in [0, 0.05) is 19.2 Å². The van der Waals surface area contributed by atoms with Crippen molar-refractivity contribution in [1.29, 1.82) is 5.26 Å². The van der Waals surface area contributed by atoms with Gasteiger partial charge in [0.1, 0.15) is 17.4 Å². The Kier molecular flexibility index (Phi) is 4.24. The highest BCUT2D eigenvalue weighted by Gasteiger charge is 2.17. The quantitative estimate of drug-likeness (QED) is 0.332. The molecular weight excluding hydrogens is 338 g/mol. The van der Waals surface area contributed by atoms with Gasteiger partial charge in [0.05, 0.1) is 28.7 Å². The number of pyridine rings is 1. The van der Waals surface area contributed by atoms with Crippen LogP contribution in [0.2, 0.25) is 0 Å². The van der Waals surface area contributed by atoms with Crippen molar-refractivity contribution in [3.8, 4) is 6.07 Å². The highest BCUT2D eigenvalue weighted by molar-refractivity contribution is 5.83. The molecule has 9 nitrogen and oxygen atoms in total. The van der Waals surface area contributed by atoms with E-state index in [0.717, 1.165) is 28.4 Å². The maximum absolute atomic E-state index is 11.9. The van der Waals surface area contributed by atoms with Gasteiger partial charge in [-0.05, 0) is 12.1 Å². The van der Waals surface area contributed by atoms with Crippen LogP contribution in [0.1, 0.15) is 5.82 Å². The van der Waals surface area contributed by atoms with Crippen molar-refractivity contribution in [1.82, 2.24) is 14.1 Å². The molecule has 0 radical (unpaired) electrons. The molecule has 0 bridgehead atoms. The molecule has 0 atom stereocenters. The monoisotopic (exact) mass is 351 g/mol. The van der Waals surface area contributed by atoms with E-state index in [0.29, 0.717) is 5.52 Å². The van der Waals surface area contributed by atoms with Gasteiger partial charge < -0.3 is 14.2 Å². The number of hydrogen-bond donors (Lipinski definition) is 1. The van der Waals surface area contributed by atoms with Crippen molar-refractivity contribution < 1.29 is 10.0 Å². The minimum atomic E-state index is -0.645. The number of nitro groups is 1. The predicted molar refractivity (Wildman–Crippen MR) is 93.2 cm³/mol. The lowest BCUT2D eigenvalue weighted by molar-refractivity contribution is -0.385. The van der Waals surface area contributed by atoms with E-state index < -0.39 is 16.2 Å². The second-order valence-corrected chi connectivity index (χ2v) is 5.53. The molecule has 1 N–H and O–H groups in total. The Bertz CT molecular complexity index is 1150. The number of allylic oxidation sites excluding steroid dienone is 2. The Balaban J connectivity index is 2.09. The largest absolute Gasteiger partial charge is 0.509 e. The van der Waals surface area contributed by atoms with Gasteiger partial charge in [-0.1, -0.05) is 12.1 Å². The van der Waals surface area contributed by atoms with E-state index in [1.54, 1.807) is 23.7 Å². The van der Waals surface area contributed by atoms with Crippen LogP contribution < -0.4 is 5.56 Å². The van der Waals surface area contributed by atoms with Gasteiger partial charge in [0.15, 0.2) is 5.82 Å². The number of nitrogens with zero attached hydrogens (tertiary/aromatic N) is 5. The molecule has 0 saturated heterocycles. The van der Waals surface area contributed by atoms with Gasteiger partial charge in [0.2, 0.25) is 0 Å². The van der Waals surface area contributed by atoms with Crippen LogP contribution in [0.3, 0.4) is 0 Å². The molecule has 0 aliphatic rings. The number of aliphatic hydroxyl groups is 1. The molecule has 0 saturated carbocycles. The second kappa shape index (κ2) is 6.52. The average molecular weight is 351 g/mol. The number of aliphatic hydroxyl groups excluding tert-OH is 1. The summed E-state index contributed by atoms with van der Waals surface area (Å²) in [6, 6.07) is 11.2. The first kappa shape index (κ1) is 16.9. The SMILES string of the molecule is Cn1c(C(C#N)=C(O)Cn2cc([N+](=O)[O-])ccc2=O)nc2ccccc21. The highest BCUT2D eigenvalue weighted by atomic mass is 16.6. The summed E-state index contributed by atoms with van der Waals surface area (Å²) < 4.78 is 2.62. The van der Waals surface area contributed by atoms with E-state index in [1.165, 1.54) is 0 Å². The molecule has 0 aliphatic carbocycles. The van der Waals surface area contributed by atoms with Crippen LogP contribution in [0, 0.1) is 21.4 Å². The first-order valence-electron chi connectivity index (χ1n) is 7.51. The topological polar surface area (TPSA) is 127 Å². The van der Waals surface area contributed by atoms with Gasteiger partial charge in [-0.25, -0.2) is 4.98 Å². The Hall–Kier alpha value is -3.93. The number of benzene rings is 1. The third-order valence-corrected chi connectivity index (χ3v) is 3.91. The van der Waals surface area contributed by atoms with Crippen molar-refractivity contribution in [3.63, 3.8) is 0 Å². The summed E-state index contributed by atoms with van der Waals surface area (Å²) in [4.78, 5) is 26.4. The summed E-state index contributed by atoms with van der Waals surface area (Å²) in [5, 5.41) is 30.7. The van der Waals surface area contributed by atoms with Crippen molar-refractivity contribution >= 4 is 22.3 Å². The Morgan fingerprint density at radius 2 is 2.08 bits per heavy atom. The van der Waals surface area contributed by atoms with Gasteiger partial charge in [-0.2, -0.15) is 5.26 Å². The number of para-hydroxylation sites is 2. The molecule has 2 aromatic heterocycles. The lowest BCUT2D eigenvalue weighted by Gasteiger charge is -2.07. The van der Waals surface area contributed by atoms with Crippen molar-refractivity contribution in [2.45, 2.75) is 6.54 Å². The van der Waals surface area contributed by atoms with Crippen LogP contribution in [-0.4, -0.2) is 24.1 Å². The van der Waals surface area contributed by atoms with E-state index in [2.05, 4.69) is 4.98 Å². The maximum Gasteiger partial charge on any atom is 0.285 e. The Morgan fingerprint density at radius 1 is 1.35 bits per heavy atom. The highest BCUT2D eigenvalue weighted by Crippen LogP contribution is 2.22. The lowest BCUT2D eigenvalue weighted by Crippen LogP contribution is -2.20. The van der Waals surface area contributed by atoms with E-state index in [4.69, 9.17) is 0 Å². The fourth-order valence-electron chi connectivity index (χ4n) is 2.60. The minimum absolute atomic E-state index is 0.109. The number of imidazole rings is 1. The molecular formula is C17H13N5O4. The second-order valence-electron chi connectivity index (χ2n) is 5.53. The molecule has 0 amide bonds. The number of aromatic nitrogens is 3. The predicted octanol–water partition coefficient (Wildman–Crippen LogP) is 2.14. The third kappa shape index (κ3) is 2.91. The number of hydrogen-bond acceptors (Lipinski definition) is 6. The zero-order valence-electron chi connectivity index (χ0n) is 13.7. The van der Waals surface area contributed by atoms with E-state index in [-0.39, 0.29) is 23.6 Å². The Morgan fingerprint density at radius 3 is 2.73 bits per heavy atom. The van der Waals surface area contributed by atoms with E-state index in [9.17, 15) is 25.3 Å². The number of rotatable bonds is 4. The van der Waals surface area contributed by atoms with Crippen LogP contribution in [0.4, 0.5) is 5.69 Å². The summed E-state index contributed by atoms with van der Waals surface area (Å²) >= 11 is 0. The maximum atomic E-state index is 11.9. The third-order valence-electron chi connectivity index (χ3n) is 3.91. The molecule has 0 spiro atoms. The molecule has 130 valence electrons. The van der Waals surface area contributed by atoms with Crippen LogP contribution in [-0.2, 0) is 13.6 Å². The number of nitriles is 1. The van der Waals surface area contributed by atoms with Crippen LogP contribution in [0.25, 0.3) is 16.6 Å². The van der Waals surface area contributed by atoms with E-state index >= 15 is 0 Å². The molecule has 3 aromatic rings. The van der Waals surface area contributed by atoms with Crippen LogP contribution in [0.5, 0.6) is 0 Å². The van der Waals surface area contributed by atoms with E-state index in [1.807, 2.05) is 18.2 Å². The average Bonchev–Trinajstić information content (AvgIpc) is 2.94. The summed E-state index contributed by atoms with van der Waals surface area (Å²) in [5.41, 5.74) is 0.485. The molecule has 9 heteroatoms. The lowest BCUT2D eigenvalue weighted by atomic mass is 10.2. The fraction of sp³-hybridized carbons (Fsp3) is 0.118. The van der Waals surface area contributed by atoms with Gasteiger partial charge in [-0.15, -0.1) is 0 Å².